The van der Waals surface area contributed by atoms with E-state index in [0.29, 0.717) is 10.7 Å². The molecule has 0 radical (unpaired) electrons. The summed E-state index contributed by atoms with van der Waals surface area (Å²) >= 11 is 5.71. The number of halogens is 1. The number of carbonyl (C=O) groups excluding carboxylic acids is 1. The van der Waals surface area contributed by atoms with Gasteiger partial charge in [0.25, 0.3) is 10.0 Å². The van der Waals surface area contributed by atoms with Gasteiger partial charge >= 0.3 is 0 Å². The van der Waals surface area contributed by atoms with Crippen LogP contribution < -0.4 is 10.3 Å². The van der Waals surface area contributed by atoms with Crippen molar-refractivity contribution < 1.29 is 17.7 Å². The topological polar surface area (TPSA) is 140 Å². The molecule has 2 N–H and O–H groups in total. The third kappa shape index (κ3) is 4.39. The summed E-state index contributed by atoms with van der Waals surface area (Å²) < 4.78 is 29.0. The molecule has 0 aliphatic heterocycles. The molecule has 0 aliphatic rings. The second-order valence-electron chi connectivity index (χ2n) is 4.89. The van der Waals surface area contributed by atoms with Gasteiger partial charge in [-0.15, -0.1) is 4.83 Å². The number of sulfonamides is 1. The summed E-state index contributed by atoms with van der Waals surface area (Å²) in [5.74, 6) is -0.520. The molecule has 3 rings (SSSR count). The number of hydrogen-bond donors (Lipinski definition) is 2. The van der Waals surface area contributed by atoms with Crippen LogP contribution in [-0.2, 0) is 21.2 Å². The van der Waals surface area contributed by atoms with Crippen molar-refractivity contribution in [2.24, 2.45) is 0 Å². The Bertz CT molecular complexity index is 1010. The van der Waals surface area contributed by atoms with Crippen molar-refractivity contribution in [3.63, 3.8) is 0 Å². The summed E-state index contributed by atoms with van der Waals surface area (Å²) in [6.45, 7) is 0. The fraction of sp³-hybridized carbons (Fsp3) is 0.0714. The molecule has 0 saturated carbocycles. The first-order valence-corrected chi connectivity index (χ1v) is 8.95. The molecule has 0 aliphatic carbocycles. The minimum Gasteiger partial charge on any atom is -0.338 e. The Balaban J connectivity index is 1.59. The van der Waals surface area contributed by atoms with Gasteiger partial charge in [0.15, 0.2) is 0 Å². The van der Waals surface area contributed by atoms with Gasteiger partial charge in [0.05, 0.1) is 11.1 Å². The standard InChI is InChI=1S/C14H11ClN6O4S/c15-9-1-3-10(4-2-9)26(23,24)21-19-12(22)7-13-18-14(20-25-13)11-8-16-5-6-17-11/h1-6,8,21H,7H2,(H,19,22). The van der Waals surface area contributed by atoms with Gasteiger partial charge in [-0.3, -0.25) is 15.2 Å². The van der Waals surface area contributed by atoms with Crippen LogP contribution in [0.1, 0.15) is 5.89 Å². The average molecular weight is 395 g/mol. The maximum absolute atomic E-state index is 12.1. The van der Waals surface area contributed by atoms with Crippen LogP contribution in [0.15, 0.2) is 52.3 Å². The third-order valence-corrected chi connectivity index (χ3v) is 4.54. The van der Waals surface area contributed by atoms with Crippen molar-refractivity contribution in [3.8, 4) is 11.5 Å². The Morgan fingerprint density at radius 2 is 1.96 bits per heavy atom. The molecule has 0 atom stereocenters. The van der Waals surface area contributed by atoms with Gasteiger partial charge in [0.1, 0.15) is 12.1 Å². The molecular formula is C14H11ClN6O4S. The van der Waals surface area contributed by atoms with Gasteiger partial charge < -0.3 is 4.52 Å². The lowest BCUT2D eigenvalue weighted by Gasteiger charge is -2.07. The van der Waals surface area contributed by atoms with E-state index in [9.17, 15) is 13.2 Å². The van der Waals surface area contributed by atoms with Crippen molar-refractivity contribution in [3.05, 3.63) is 53.8 Å². The lowest BCUT2D eigenvalue weighted by Crippen LogP contribution is -2.42. The average Bonchev–Trinajstić information content (AvgIpc) is 3.10. The first-order chi connectivity index (χ1) is 12.4. The predicted molar refractivity (Wildman–Crippen MR) is 88.9 cm³/mol. The summed E-state index contributed by atoms with van der Waals surface area (Å²) in [7, 11) is -3.93. The van der Waals surface area contributed by atoms with E-state index in [2.05, 4.69) is 25.5 Å². The fourth-order valence-electron chi connectivity index (χ4n) is 1.82. The highest BCUT2D eigenvalue weighted by atomic mass is 35.5. The van der Waals surface area contributed by atoms with E-state index in [0.717, 1.165) is 0 Å². The quantitative estimate of drug-likeness (QED) is 0.583. The Kier molecular flexibility index (Phi) is 5.21. The highest BCUT2D eigenvalue weighted by Gasteiger charge is 2.17. The molecule has 2 aromatic heterocycles. The number of amides is 1. The largest absolute Gasteiger partial charge is 0.338 e. The fourth-order valence-corrected chi connectivity index (χ4v) is 2.81. The zero-order chi connectivity index (χ0) is 18.6. The van der Waals surface area contributed by atoms with Crippen LogP contribution in [0.2, 0.25) is 5.02 Å². The van der Waals surface area contributed by atoms with Crippen LogP contribution in [0.3, 0.4) is 0 Å². The number of hydrazine groups is 1. The third-order valence-electron chi connectivity index (χ3n) is 3.02. The van der Waals surface area contributed by atoms with Gasteiger partial charge in [-0.05, 0) is 24.3 Å². The number of benzene rings is 1. The molecule has 0 unspecified atom stereocenters. The summed E-state index contributed by atoms with van der Waals surface area (Å²) in [4.78, 5) is 25.7. The molecule has 10 nitrogen and oxygen atoms in total. The Hall–Kier alpha value is -2.89. The first-order valence-electron chi connectivity index (χ1n) is 7.09. The molecule has 26 heavy (non-hydrogen) atoms. The molecule has 0 bridgehead atoms. The molecule has 134 valence electrons. The minimum absolute atomic E-state index is 0.00570. The second-order valence-corrected chi connectivity index (χ2v) is 7.01. The van der Waals surface area contributed by atoms with Crippen molar-refractivity contribution in [2.75, 3.05) is 0 Å². The van der Waals surface area contributed by atoms with Crippen molar-refractivity contribution in [1.82, 2.24) is 30.4 Å². The van der Waals surface area contributed by atoms with E-state index in [1.165, 1.54) is 42.9 Å². The Labute approximate surface area is 152 Å². The molecule has 12 heteroatoms. The molecular weight excluding hydrogens is 384 g/mol. The normalized spacial score (nSPS) is 11.3. The summed E-state index contributed by atoms with van der Waals surface area (Å²) in [5, 5.41) is 4.08. The van der Waals surface area contributed by atoms with Gasteiger partial charge in [-0.1, -0.05) is 16.8 Å². The Morgan fingerprint density at radius 1 is 1.19 bits per heavy atom. The monoisotopic (exact) mass is 394 g/mol. The van der Waals surface area contributed by atoms with Gasteiger partial charge in [-0.25, -0.2) is 13.4 Å². The van der Waals surface area contributed by atoms with Crippen LogP contribution in [0.25, 0.3) is 11.5 Å². The second kappa shape index (κ2) is 7.56. The van der Waals surface area contributed by atoms with Gasteiger partial charge in [-0.2, -0.15) is 4.98 Å². The number of nitrogens with zero attached hydrogens (tertiary/aromatic N) is 4. The predicted octanol–water partition coefficient (Wildman–Crippen LogP) is 0.732. The zero-order valence-electron chi connectivity index (χ0n) is 13.0. The summed E-state index contributed by atoms with van der Waals surface area (Å²) in [6, 6.07) is 5.46. The molecule has 0 fully saturated rings. The van der Waals surface area contributed by atoms with E-state index in [1.807, 2.05) is 4.83 Å². The maximum atomic E-state index is 12.1. The maximum Gasteiger partial charge on any atom is 0.257 e. The lowest BCUT2D eigenvalue weighted by molar-refractivity contribution is -0.121. The van der Waals surface area contributed by atoms with Crippen LogP contribution in [0, 0.1) is 0 Å². The molecule has 1 aromatic carbocycles. The number of nitrogens with one attached hydrogen (secondary N) is 2. The van der Waals surface area contributed by atoms with Crippen molar-refractivity contribution in [1.29, 1.82) is 0 Å². The van der Waals surface area contributed by atoms with Crippen molar-refractivity contribution >= 4 is 27.5 Å². The SMILES string of the molecule is O=C(Cc1nc(-c2cnccn2)no1)NNS(=O)(=O)c1ccc(Cl)cc1. The van der Waals surface area contributed by atoms with Crippen LogP contribution in [-0.4, -0.2) is 34.4 Å². The molecule has 2 heterocycles. The van der Waals surface area contributed by atoms with Crippen LogP contribution in [0.5, 0.6) is 0 Å². The highest BCUT2D eigenvalue weighted by molar-refractivity contribution is 7.89. The number of carbonyl (C=O) groups is 1. The highest BCUT2D eigenvalue weighted by Crippen LogP contribution is 2.13. The van der Waals surface area contributed by atoms with Gasteiger partial charge in [0, 0.05) is 17.4 Å². The van der Waals surface area contributed by atoms with E-state index in [-0.39, 0.29) is 23.0 Å². The zero-order valence-corrected chi connectivity index (χ0v) is 14.5. The number of aromatic nitrogens is 4. The number of rotatable bonds is 6. The van der Waals surface area contributed by atoms with E-state index >= 15 is 0 Å². The summed E-state index contributed by atoms with van der Waals surface area (Å²) in [6.07, 6.45) is 4.07. The molecule has 0 spiro atoms. The van der Waals surface area contributed by atoms with E-state index in [4.69, 9.17) is 16.1 Å². The molecule has 3 aromatic rings. The minimum atomic E-state index is -3.93. The van der Waals surface area contributed by atoms with Crippen molar-refractivity contribution in [2.45, 2.75) is 11.3 Å². The lowest BCUT2D eigenvalue weighted by atomic mass is 10.4. The van der Waals surface area contributed by atoms with E-state index in [1.54, 1.807) is 0 Å². The smallest absolute Gasteiger partial charge is 0.257 e. The summed E-state index contributed by atoms with van der Waals surface area (Å²) in [5.41, 5.74) is 2.45. The number of hydrogen-bond acceptors (Lipinski definition) is 8. The first kappa shape index (κ1) is 17.9. The van der Waals surface area contributed by atoms with Crippen LogP contribution >= 0.6 is 11.6 Å². The molecule has 0 saturated heterocycles. The van der Waals surface area contributed by atoms with Gasteiger partial charge in [0.2, 0.25) is 17.6 Å². The van der Waals surface area contributed by atoms with Crippen LogP contribution in [0.4, 0.5) is 0 Å². The Morgan fingerprint density at radius 3 is 2.65 bits per heavy atom. The van der Waals surface area contributed by atoms with E-state index < -0.39 is 15.9 Å². The molecule has 1 amide bonds.